The van der Waals surface area contributed by atoms with Crippen LogP contribution in [-0.2, 0) is 9.59 Å². The van der Waals surface area contributed by atoms with Crippen molar-refractivity contribution in [1.82, 2.24) is 10.3 Å². The van der Waals surface area contributed by atoms with Gasteiger partial charge < -0.3 is 16.0 Å². The quantitative estimate of drug-likeness (QED) is 0.116. The number of carbonyl (C=O) groups excluding carboxylic acids is 3. The minimum Gasteiger partial charge on any atom is -0.325 e. The summed E-state index contributed by atoms with van der Waals surface area (Å²) >= 11 is 1.40. The van der Waals surface area contributed by atoms with Gasteiger partial charge in [-0.3, -0.25) is 19.4 Å². The lowest BCUT2D eigenvalue weighted by Crippen LogP contribution is -2.30. The van der Waals surface area contributed by atoms with Gasteiger partial charge >= 0.3 is 0 Å². The molecule has 1 heterocycles. The first-order valence-corrected chi connectivity index (χ1v) is 14.8. The third-order valence-electron chi connectivity index (χ3n) is 6.57. The van der Waals surface area contributed by atoms with Crippen molar-refractivity contribution in [3.8, 4) is 0 Å². The van der Waals surface area contributed by atoms with E-state index in [1.807, 2.05) is 79.7 Å². The van der Waals surface area contributed by atoms with Crippen LogP contribution in [0.4, 0.5) is 11.4 Å². The van der Waals surface area contributed by atoms with Gasteiger partial charge in [0.25, 0.3) is 11.8 Å². The highest BCUT2D eigenvalue weighted by molar-refractivity contribution is 8.00. The largest absolute Gasteiger partial charge is 0.325 e. The Hall–Kier alpha value is -5.47. The van der Waals surface area contributed by atoms with Gasteiger partial charge in [0.15, 0.2) is 0 Å². The molecule has 0 radical (unpaired) electrons. The number of hydrogen-bond donors (Lipinski definition) is 3. The standard InChI is InChI=1S/C36H30N4O3S/c1-25-12-14-26(15-13-25)24-32(40-34(41)28-10-6-3-7-11-28)35(42)38-29-16-18-31(19-17-29)44-33(27-8-4-2-5-9-27)36(43)39-30-20-22-37-23-21-30/h2-24,33H,1H3,(H,38,42)(H,40,41)(H,37,39,43)/b32-24-. The first-order valence-electron chi connectivity index (χ1n) is 13.9. The smallest absolute Gasteiger partial charge is 0.272 e. The van der Waals surface area contributed by atoms with Gasteiger partial charge in [-0.15, -0.1) is 11.8 Å². The number of thioether (sulfide) groups is 1. The highest BCUT2D eigenvalue weighted by Gasteiger charge is 2.22. The van der Waals surface area contributed by atoms with E-state index in [1.54, 1.807) is 67.0 Å². The Kier molecular flexibility index (Phi) is 9.97. The van der Waals surface area contributed by atoms with Crippen molar-refractivity contribution >= 4 is 46.9 Å². The van der Waals surface area contributed by atoms with Crippen molar-refractivity contribution in [3.05, 3.63) is 162 Å². The molecular weight excluding hydrogens is 568 g/mol. The van der Waals surface area contributed by atoms with E-state index in [4.69, 9.17) is 0 Å². The maximum absolute atomic E-state index is 13.4. The molecule has 1 aromatic heterocycles. The predicted octanol–water partition coefficient (Wildman–Crippen LogP) is 7.27. The van der Waals surface area contributed by atoms with Crippen LogP contribution in [0.5, 0.6) is 0 Å². The van der Waals surface area contributed by atoms with Gasteiger partial charge in [-0.2, -0.15) is 0 Å². The molecule has 7 nitrogen and oxygen atoms in total. The molecule has 5 rings (SSSR count). The van der Waals surface area contributed by atoms with E-state index in [9.17, 15) is 14.4 Å². The molecule has 3 amide bonds. The molecule has 44 heavy (non-hydrogen) atoms. The molecule has 0 saturated heterocycles. The van der Waals surface area contributed by atoms with Crippen LogP contribution in [0.3, 0.4) is 0 Å². The molecule has 0 bridgehead atoms. The number of nitrogens with zero attached hydrogens (tertiary/aromatic N) is 1. The number of hydrogen-bond acceptors (Lipinski definition) is 5. The van der Waals surface area contributed by atoms with Gasteiger partial charge in [0.2, 0.25) is 5.91 Å². The number of anilines is 2. The van der Waals surface area contributed by atoms with E-state index in [0.29, 0.717) is 16.9 Å². The second kappa shape index (κ2) is 14.6. The monoisotopic (exact) mass is 598 g/mol. The average Bonchev–Trinajstić information content (AvgIpc) is 3.06. The molecule has 0 fully saturated rings. The number of benzene rings is 4. The summed E-state index contributed by atoms with van der Waals surface area (Å²) in [6, 6.07) is 36.7. The molecule has 8 heteroatoms. The number of amides is 3. The molecule has 3 N–H and O–H groups in total. The van der Waals surface area contributed by atoms with E-state index in [-0.39, 0.29) is 17.5 Å². The molecule has 1 unspecified atom stereocenters. The zero-order chi connectivity index (χ0) is 30.7. The van der Waals surface area contributed by atoms with Gasteiger partial charge in [0.05, 0.1) is 0 Å². The third kappa shape index (κ3) is 8.30. The van der Waals surface area contributed by atoms with Crippen LogP contribution in [0.1, 0.15) is 32.3 Å². The number of nitrogens with one attached hydrogen (secondary N) is 3. The Balaban J connectivity index is 1.32. The zero-order valence-electron chi connectivity index (χ0n) is 23.9. The zero-order valence-corrected chi connectivity index (χ0v) is 24.8. The van der Waals surface area contributed by atoms with E-state index in [0.717, 1.165) is 21.6 Å². The average molecular weight is 599 g/mol. The minimum atomic E-state index is -0.512. The summed E-state index contributed by atoms with van der Waals surface area (Å²) in [6.45, 7) is 1.98. The molecule has 0 saturated carbocycles. The summed E-state index contributed by atoms with van der Waals surface area (Å²) < 4.78 is 0. The number of aromatic nitrogens is 1. The minimum absolute atomic E-state index is 0.109. The van der Waals surface area contributed by atoms with Crippen LogP contribution >= 0.6 is 11.8 Å². The normalized spacial score (nSPS) is 11.7. The lowest BCUT2D eigenvalue weighted by molar-refractivity contribution is -0.116. The van der Waals surface area contributed by atoms with E-state index in [1.165, 1.54) is 11.8 Å². The van der Waals surface area contributed by atoms with Crippen LogP contribution in [0.25, 0.3) is 6.08 Å². The number of aryl methyl sites for hydroxylation is 1. The fourth-order valence-corrected chi connectivity index (χ4v) is 5.29. The van der Waals surface area contributed by atoms with Crippen molar-refractivity contribution < 1.29 is 14.4 Å². The number of rotatable bonds is 10. The highest BCUT2D eigenvalue weighted by atomic mass is 32.2. The topological polar surface area (TPSA) is 100 Å². The van der Waals surface area contributed by atoms with Crippen molar-refractivity contribution in [2.24, 2.45) is 0 Å². The lowest BCUT2D eigenvalue weighted by Gasteiger charge is -2.17. The Labute approximate surface area is 260 Å². The van der Waals surface area contributed by atoms with Crippen molar-refractivity contribution in [2.45, 2.75) is 17.1 Å². The molecule has 1 atom stereocenters. The van der Waals surface area contributed by atoms with Crippen LogP contribution in [0.2, 0.25) is 0 Å². The number of pyridine rings is 1. The van der Waals surface area contributed by atoms with Gasteiger partial charge in [0.1, 0.15) is 10.9 Å². The third-order valence-corrected chi connectivity index (χ3v) is 7.84. The first-order chi connectivity index (χ1) is 21.4. The Bertz CT molecular complexity index is 1740. The Morgan fingerprint density at radius 2 is 1.32 bits per heavy atom. The molecule has 4 aromatic carbocycles. The van der Waals surface area contributed by atoms with Crippen LogP contribution in [0.15, 0.2) is 144 Å². The lowest BCUT2D eigenvalue weighted by atomic mass is 10.1. The van der Waals surface area contributed by atoms with Crippen LogP contribution in [-0.4, -0.2) is 22.7 Å². The van der Waals surface area contributed by atoms with Gasteiger partial charge in [-0.25, -0.2) is 0 Å². The van der Waals surface area contributed by atoms with Gasteiger partial charge in [0, 0.05) is 34.2 Å². The van der Waals surface area contributed by atoms with Crippen molar-refractivity contribution in [2.75, 3.05) is 10.6 Å². The van der Waals surface area contributed by atoms with E-state index < -0.39 is 11.2 Å². The molecule has 0 aliphatic rings. The van der Waals surface area contributed by atoms with Gasteiger partial charge in [-0.1, -0.05) is 78.4 Å². The van der Waals surface area contributed by atoms with Crippen LogP contribution < -0.4 is 16.0 Å². The second-order valence-corrected chi connectivity index (χ2v) is 11.1. The SMILES string of the molecule is Cc1ccc(/C=C(\NC(=O)c2ccccc2)C(=O)Nc2ccc(SC(C(=O)Nc3ccncc3)c3ccccc3)cc2)cc1. The summed E-state index contributed by atoms with van der Waals surface area (Å²) in [5.74, 6) is -1.01. The summed E-state index contributed by atoms with van der Waals surface area (Å²) in [7, 11) is 0. The van der Waals surface area contributed by atoms with E-state index >= 15 is 0 Å². The predicted molar refractivity (Wildman–Crippen MR) is 176 cm³/mol. The van der Waals surface area contributed by atoms with Gasteiger partial charge in [-0.05, 0) is 72.7 Å². The number of carbonyl (C=O) groups is 3. The van der Waals surface area contributed by atoms with E-state index in [2.05, 4.69) is 20.9 Å². The van der Waals surface area contributed by atoms with Crippen molar-refractivity contribution in [1.29, 1.82) is 0 Å². The van der Waals surface area contributed by atoms with Crippen molar-refractivity contribution in [3.63, 3.8) is 0 Å². The summed E-state index contributed by atoms with van der Waals surface area (Å²) in [5, 5.41) is 8.10. The Morgan fingerprint density at radius 1 is 0.705 bits per heavy atom. The second-order valence-electron chi connectivity index (χ2n) is 9.90. The maximum atomic E-state index is 13.4. The first kappa shape index (κ1) is 30.0. The molecular formula is C36H30N4O3S. The molecule has 0 spiro atoms. The fraction of sp³-hybridized carbons (Fsp3) is 0.0556. The maximum Gasteiger partial charge on any atom is 0.272 e. The Morgan fingerprint density at radius 3 is 1.98 bits per heavy atom. The summed E-state index contributed by atoms with van der Waals surface area (Å²) in [5.41, 5.74) is 4.48. The summed E-state index contributed by atoms with van der Waals surface area (Å²) in [6.07, 6.45) is 4.90. The summed E-state index contributed by atoms with van der Waals surface area (Å²) in [4.78, 5) is 44.5. The van der Waals surface area contributed by atoms with Crippen LogP contribution in [0, 0.1) is 6.92 Å². The highest BCUT2D eigenvalue weighted by Crippen LogP contribution is 2.36. The molecule has 5 aromatic rings. The molecule has 0 aliphatic heterocycles. The molecule has 0 aliphatic carbocycles. The fourth-order valence-electron chi connectivity index (χ4n) is 4.27. The molecule has 218 valence electrons.